The van der Waals surface area contributed by atoms with Crippen molar-refractivity contribution in [3.63, 3.8) is 0 Å². The lowest BCUT2D eigenvalue weighted by Gasteiger charge is -2.24. The zero-order chi connectivity index (χ0) is 15.3. The fraction of sp³-hybridized carbons (Fsp3) is 0.533. The molecule has 0 saturated carbocycles. The number of guanidine groups is 1. The Bertz CT molecular complexity index is 516. The molecule has 4 nitrogen and oxygen atoms in total. The molecule has 1 heterocycles. The summed E-state index contributed by atoms with van der Waals surface area (Å²) in [5.41, 5.74) is 0.463. The van der Waals surface area contributed by atoms with Crippen molar-refractivity contribution in [2.24, 2.45) is 4.99 Å². The molecule has 2 rings (SSSR count). The number of ether oxygens (including phenoxy) is 1. The highest BCUT2D eigenvalue weighted by Gasteiger charge is 2.29. The summed E-state index contributed by atoms with van der Waals surface area (Å²) in [4.78, 5) is 4.15. The molecule has 0 amide bonds. The van der Waals surface area contributed by atoms with E-state index >= 15 is 0 Å². The average Bonchev–Trinajstić information content (AvgIpc) is 2.88. The summed E-state index contributed by atoms with van der Waals surface area (Å²) >= 11 is 3.25. The van der Waals surface area contributed by atoms with E-state index in [0.29, 0.717) is 24.6 Å². The molecule has 1 aliphatic heterocycles. The maximum Gasteiger partial charge on any atom is 0.191 e. The van der Waals surface area contributed by atoms with Gasteiger partial charge in [0.2, 0.25) is 0 Å². The number of hydrogen-bond acceptors (Lipinski definition) is 2. The van der Waals surface area contributed by atoms with Crippen LogP contribution in [-0.4, -0.2) is 31.8 Å². The van der Waals surface area contributed by atoms with E-state index in [1.54, 1.807) is 13.1 Å². The summed E-state index contributed by atoms with van der Waals surface area (Å²) in [6.07, 6.45) is 2.13. The largest absolute Gasteiger partial charge is 0.373 e. The predicted octanol–water partition coefficient (Wildman–Crippen LogP) is 2.82. The second-order valence-electron chi connectivity index (χ2n) is 5.42. The number of nitrogens with one attached hydrogen (secondary N) is 2. The third kappa shape index (κ3) is 4.68. The summed E-state index contributed by atoms with van der Waals surface area (Å²) in [5, 5.41) is 6.35. The Morgan fingerprint density at radius 3 is 2.90 bits per heavy atom. The van der Waals surface area contributed by atoms with Crippen molar-refractivity contribution < 1.29 is 9.13 Å². The van der Waals surface area contributed by atoms with Crippen molar-refractivity contribution >= 4 is 21.9 Å². The quantitative estimate of drug-likeness (QED) is 0.643. The Morgan fingerprint density at radius 1 is 1.48 bits per heavy atom. The fourth-order valence-electron chi connectivity index (χ4n) is 2.31. The summed E-state index contributed by atoms with van der Waals surface area (Å²) in [6.45, 7) is 3.98. The van der Waals surface area contributed by atoms with Crippen LogP contribution in [0.4, 0.5) is 4.39 Å². The Kier molecular flexibility index (Phi) is 5.58. The third-order valence-electron chi connectivity index (χ3n) is 3.62. The molecule has 6 heteroatoms. The van der Waals surface area contributed by atoms with Gasteiger partial charge in [-0.15, -0.1) is 0 Å². The Hall–Kier alpha value is -1.14. The number of hydrogen-bond donors (Lipinski definition) is 2. The van der Waals surface area contributed by atoms with Crippen molar-refractivity contribution in [3.05, 3.63) is 34.1 Å². The van der Waals surface area contributed by atoms with Crippen LogP contribution in [0.25, 0.3) is 0 Å². The standard InChI is InChI=1S/C15H21BrFN3O/c1-15(6-3-7-21-15)10-20-14(18-2)19-9-11-4-5-12(16)8-13(11)17/h4-5,8H,3,6-7,9-10H2,1-2H3,(H2,18,19,20). The van der Waals surface area contributed by atoms with E-state index < -0.39 is 0 Å². The van der Waals surface area contributed by atoms with Gasteiger partial charge in [-0.2, -0.15) is 0 Å². The zero-order valence-electron chi connectivity index (χ0n) is 12.4. The molecule has 2 N–H and O–H groups in total. The summed E-state index contributed by atoms with van der Waals surface area (Å²) in [6, 6.07) is 5.03. The smallest absolute Gasteiger partial charge is 0.191 e. The zero-order valence-corrected chi connectivity index (χ0v) is 14.0. The van der Waals surface area contributed by atoms with Crippen LogP contribution in [0.2, 0.25) is 0 Å². The fourth-order valence-corrected chi connectivity index (χ4v) is 2.64. The van der Waals surface area contributed by atoms with Crippen LogP contribution in [0, 0.1) is 5.82 Å². The van der Waals surface area contributed by atoms with Crippen molar-refractivity contribution in [1.29, 1.82) is 0 Å². The minimum absolute atomic E-state index is 0.138. The molecule has 1 atom stereocenters. The lowest BCUT2D eigenvalue weighted by molar-refractivity contribution is 0.0243. The molecule has 21 heavy (non-hydrogen) atoms. The Balaban J connectivity index is 1.85. The molecule has 1 fully saturated rings. The van der Waals surface area contributed by atoms with E-state index in [4.69, 9.17) is 4.74 Å². The second-order valence-corrected chi connectivity index (χ2v) is 6.33. The Labute approximate surface area is 133 Å². The summed E-state index contributed by atoms with van der Waals surface area (Å²) in [7, 11) is 1.70. The number of rotatable bonds is 4. The highest BCUT2D eigenvalue weighted by Crippen LogP contribution is 2.23. The van der Waals surface area contributed by atoms with E-state index in [0.717, 1.165) is 23.9 Å². The Morgan fingerprint density at radius 2 is 2.29 bits per heavy atom. The van der Waals surface area contributed by atoms with Gasteiger partial charge in [-0.05, 0) is 31.9 Å². The second kappa shape index (κ2) is 7.22. The molecule has 0 aromatic heterocycles. The van der Waals surface area contributed by atoms with Gasteiger partial charge in [-0.1, -0.05) is 22.0 Å². The maximum absolute atomic E-state index is 13.7. The SMILES string of the molecule is CN=C(NCc1ccc(Br)cc1F)NCC1(C)CCCO1. The minimum atomic E-state index is -0.238. The molecule has 1 aromatic rings. The maximum atomic E-state index is 13.7. The molecule has 1 unspecified atom stereocenters. The van der Waals surface area contributed by atoms with Crippen LogP contribution in [0.15, 0.2) is 27.7 Å². The third-order valence-corrected chi connectivity index (χ3v) is 4.11. The van der Waals surface area contributed by atoms with Gasteiger partial charge in [0.1, 0.15) is 5.82 Å². The van der Waals surface area contributed by atoms with Crippen molar-refractivity contribution in [2.75, 3.05) is 20.2 Å². The van der Waals surface area contributed by atoms with Crippen LogP contribution in [0.5, 0.6) is 0 Å². The van der Waals surface area contributed by atoms with Crippen molar-refractivity contribution in [2.45, 2.75) is 31.9 Å². The van der Waals surface area contributed by atoms with Crippen LogP contribution in [0.3, 0.4) is 0 Å². The van der Waals surface area contributed by atoms with Crippen LogP contribution in [-0.2, 0) is 11.3 Å². The first-order valence-electron chi connectivity index (χ1n) is 7.05. The summed E-state index contributed by atoms with van der Waals surface area (Å²) < 4.78 is 20.2. The molecule has 0 aliphatic carbocycles. The predicted molar refractivity (Wildman–Crippen MR) is 85.9 cm³/mol. The van der Waals surface area contributed by atoms with Crippen LogP contribution in [0.1, 0.15) is 25.3 Å². The molecule has 1 aromatic carbocycles. The molecule has 116 valence electrons. The lowest BCUT2D eigenvalue weighted by atomic mass is 10.0. The number of benzene rings is 1. The van der Waals surface area contributed by atoms with Gasteiger partial charge in [0.15, 0.2) is 5.96 Å². The van der Waals surface area contributed by atoms with Crippen LogP contribution < -0.4 is 10.6 Å². The van der Waals surface area contributed by atoms with E-state index in [2.05, 4.69) is 38.5 Å². The summed E-state index contributed by atoms with van der Waals surface area (Å²) in [5.74, 6) is 0.410. The van der Waals surface area contributed by atoms with E-state index in [1.165, 1.54) is 6.07 Å². The highest BCUT2D eigenvalue weighted by molar-refractivity contribution is 9.10. The van der Waals surface area contributed by atoms with Gasteiger partial charge in [0.05, 0.1) is 5.60 Å². The van der Waals surface area contributed by atoms with Gasteiger partial charge in [-0.25, -0.2) is 4.39 Å². The minimum Gasteiger partial charge on any atom is -0.373 e. The number of nitrogens with zero attached hydrogens (tertiary/aromatic N) is 1. The molecule has 1 aliphatic rings. The number of halogens is 2. The van der Waals surface area contributed by atoms with Gasteiger partial charge in [0.25, 0.3) is 0 Å². The molecule has 1 saturated heterocycles. The molecular weight excluding hydrogens is 337 g/mol. The molecule has 0 radical (unpaired) electrons. The normalized spacial score (nSPS) is 22.4. The number of aliphatic imine (C=N–C) groups is 1. The molecular formula is C15H21BrFN3O. The first-order chi connectivity index (χ1) is 10.0. The highest BCUT2D eigenvalue weighted by atomic mass is 79.9. The average molecular weight is 358 g/mol. The first kappa shape index (κ1) is 16.2. The van der Waals surface area contributed by atoms with Crippen molar-refractivity contribution in [1.82, 2.24) is 10.6 Å². The van der Waals surface area contributed by atoms with Gasteiger partial charge >= 0.3 is 0 Å². The van der Waals surface area contributed by atoms with Gasteiger partial charge < -0.3 is 15.4 Å². The first-order valence-corrected chi connectivity index (χ1v) is 7.84. The van der Waals surface area contributed by atoms with Crippen LogP contribution >= 0.6 is 15.9 Å². The monoisotopic (exact) mass is 357 g/mol. The van der Waals surface area contributed by atoms with E-state index in [9.17, 15) is 4.39 Å². The lowest BCUT2D eigenvalue weighted by Crippen LogP contribution is -2.45. The van der Waals surface area contributed by atoms with E-state index in [1.807, 2.05) is 6.07 Å². The molecule has 0 spiro atoms. The van der Waals surface area contributed by atoms with Gasteiger partial charge in [0, 0.05) is 36.8 Å². The van der Waals surface area contributed by atoms with Crippen molar-refractivity contribution in [3.8, 4) is 0 Å². The molecule has 0 bridgehead atoms. The topological polar surface area (TPSA) is 45.7 Å². The van der Waals surface area contributed by atoms with E-state index in [-0.39, 0.29) is 11.4 Å². The van der Waals surface area contributed by atoms with Gasteiger partial charge in [-0.3, -0.25) is 4.99 Å².